The van der Waals surface area contributed by atoms with E-state index in [0.717, 1.165) is 6.07 Å². The SMILES string of the molecule is CNS(=O)(=O)c1ccc(Cl)c(C(=O)OCC(=O)Nc2ccccc2OC)c1. The van der Waals surface area contributed by atoms with Crippen LogP contribution < -0.4 is 14.8 Å². The minimum Gasteiger partial charge on any atom is -0.495 e. The number of nitrogens with one attached hydrogen (secondary N) is 2. The lowest BCUT2D eigenvalue weighted by molar-refractivity contribution is -0.119. The van der Waals surface area contributed by atoms with Crippen LogP contribution in [0.15, 0.2) is 47.4 Å². The molecule has 144 valence electrons. The number of hydrogen-bond donors (Lipinski definition) is 2. The zero-order valence-electron chi connectivity index (χ0n) is 14.5. The highest BCUT2D eigenvalue weighted by atomic mass is 35.5. The van der Waals surface area contributed by atoms with Gasteiger partial charge in [0.1, 0.15) is 5.75 Å². The van der Waals surface area contributed by atoms with E-state index in [9.17, 15) is 18.0 Å². The molecular weight excluding hydrogens is 396 g/mol. The number of methoxy groups -OCH3 is 1. The summed E-state index contributed by atoms with van der Waals surface area (Å²) in [5.41, 5.74) is 0.249. The molecule has 0 saturated carbocycles. The van der Waals surface area contributed by atoms with E-state index in [-0.39, 0.29) is 15.5 Å². The number of anilines is 1. The molecular formula is C17H17ClN2O6S. The fraction of sp³-hybridized carbons (Fsp3) is 0.176. The summed E-state index contributed by atoms with van der Waals surface area (Å²) in [5, 5.41) is 2.55. The lowest BCUT2D eigenvalue weighted by Gasteiger charge is -2.11. The van der Waals surface area contributed by atoms with Gasteiger partial charge in [-0.05, 0) is 37.4 Å². The summed E-state index contributed by atoms with van der Waals surface area (Å²) >= 11 is 5.94. The van der Waals surface area contributed by atoms with Crippen molar-refractivity contribution in [1.29, 1.82) is 0 Å². The third-order valence-corrected chi connectivity index (χ3v) is 5.19. The van der Waals surface area contributed by atoms with Gasteiger partial charge in [-0.1, -0.05) is 23.7 Å². The van der Waals surface area contributed by atoms with Crippen LogP contribution in [0.4, 0.5) is 5.69 Å². The molecule has 27 heavy (non-hydrogen) atoms. The van der Waals surface area contributed by atoms with Gasteiger partial charge < -0.3 is 14.8 Å². The zero-order valence-corrected chi connectivity index (χ0v) is 16.1. The number of halogens is 1. The van der Waals surface area contributed by atoms with Crippen molar-refractivity contribution in [3.63, 3.8) is 0 Å². The summed E-state index contributed by atoms with van der Waals surface area (Å²) < 4.78 is 35.8. The summed E-state index contributed by atoms with van der Waals surface area (Å²) in [5.74, 6) is -1.07. The standard InChI is InChI=1S/C17H17ClN2O6S/c1-19-27(23,24)11-7-8-13(18)12(9-11)17(22)26-10-16(21)20-14-5-3-4-6-15(14)25-2/h3-9,19H,10H2,1-2H3,(H,20,21). The predicted molar refractivity (Wildman–Crippen MR) is 99.6 cm³/mol. The van der Waals surface area contributed by atoms with Crippen LogP contribution in [0, 0.1) is 0 Å². The van der Waals surface area contributed by atoms with Crippen molar-refractivity contribution in [3.8, 4) is 5.75 Å². The Bertz CT molecular complexity index is 962. The van der Waals surface area contributed by atoms with E-state index in [2.05, 4.69) is 10.0 Å². The van der Waals surface area contributed by atoms with Gasteiger partial charge in [0.25, 0.3) is 5.91 Å². The third kappa shape index (κ3) is 5.19. The molecule has 0 fully saturated rings. The van der Waals surface area contributed by atoms with Gasteiger partial charge >= 0.3 is 5.97 Å². The zero-order chi connectivity index (χ0) is 20.0. The van der Waals surface area contributed by atoms with Crippen molar-refractivity contribution < 1.29 is 27.5 Å². The molecule has 0 aliphatic carbocycles. The molecule has 0 aliphatic heterocycles. The van der Waals surface area contributed by atoms with Crippen LogP contribution in [0.5, 0.6) is 5.75 Å². The second-order valence-corrected chi connectivity index (χ2v) is 7.47. The van der Waals surface area contributed by atoms with Crippen LogP contribution in [0.25, 0.3) is 0 Å². The van der Waals surface area contributed by atoms with E-state index < -0.39 is 28.5 Å². The highest BCUT2D eigenvalue weighted by molar-refractivity contribution is 7.89. The smallest absolute Gasteiger partial charge is 0.340 e. The van der Waals surface area contributed by atoms with E-state index in [4.69, 9.17) is 21.1 Å². The maximum absolute atomic E-state index is 12.2. The lowest BCUT2D eigenvalue weighted by Crippen LogP contribution is -2.22. The quantitative estimate of drug-likeness (QED) is 0.673. The monoisotopic (exact) mass is 412 g/mol. The molecule has 2 rings (SSSR count). The number of hydrogen-bond acceptors (Lipinski definition) is 6. The van der Waals surface area contributed by atoms with Crippen molar-refractivity contribution in [1.82, 2.24) is 4.72 Å². The molecule has 0 bridgehead atoms. The Hall–Kier alpha value is -2.62. The molecule has 10 heteroatoms. The fourth-order valence-corrected chi connectivity index (χ4v) is 3.04. The van der Waals surface area contributed by atoms with Crippen LogP contribution in [0.2, 0.25) is 5.02 Å². The van der Waals surface area contributed by atoms with Gasteiger partial charge in [-0.3, -0.25) is 4.79 Å². The molecule has 1 amide bonds. The van der Waals surface area contributed by atoms with E-state index in [1.807, 2.05) is 0 Å². The van der Waals surface area contributed by atoms with Gasteiger partial charge in [-0.2, -0.15) is 0 Å². The van der Waals surface area contributed by atoms with E-state index in [1.54, 1.807) is 24.3 Å². The first-order chi connectivity index (χ1) is 12.8. The number of amides is 1. The Labute approximate surface area is 161 Å². The van der Waals surface area contributed by atoms with Gasteiger partial charge in [0.05, 0.1) is 28.3 Å². The lowest BCUT2D eigenvalue weighted by atomic mass is 10.2. The number of carbonyl (C=O) groups is 2. The van der Waals surface area contributed by atoms with Crippen molar-refractivity contribution in [2.75, 3.05) is 26.1 Å². The number of sulfonamides is 1. The Morgan fingerprint density at radius 2 is 1.85 bits per heavy atom. The number of esters is 1. The van der Waals surface area contributed by atoms with E-state index >= 15 is 0 Å². The van der Waals surface area contributed by atoms with E-state index in [1.165, 1.54) is 26.3 Å². The van der Waals surface area contributed by atoms with Crippen molar-refractivity contribution >= 4 is 39.2 Å². The summed E-state index contributed by atoms with van der Waals surface area (Å²) in [7, 11) is -1.06. The molecule has 0 aliphatic rings. The van der Waals surface area contributed by atoms with Gasteiger partial charge in [0.2, 0.25) is 10.0 Å². The molecule has 2 N–H and O–H groups in total. The summed E-state index contributed by atoms with van der Waals surface area (Å²) in [4.78, 5) is 24.0. The molecule has 0 spiro atoms. The minimum absolute atomic E-state index is 0.000176. The number of para-hydroxylation sites is 2. The van der Waals surface area contributed by atoms with Crippen LogP contribution in [-0.4, -0.2) is 41.1 Å². The maximum Gasteiger partial charge on any atom is 0.340 e. The minimum atomic E-state index is -3.76. The Morgan fingerprint density at radius 3 is 2.52 bits per heavy atom. The van der Waals surface area contributed by atoms with Crippen LogP contribution in [-0.2, 0) is 19.6 Å². The average molecular weight is 413 g/mol. The first kappa shape index (κ1) is 20.7. The van der Waals surface area contributed by atoms with Gasteiger partial charge in [0, 0.05) is 0 Å². The highest BCUT2D eigenvalue weighted by Crippen LogP contribution is 2.23. The molecule has 0 saturated heterocycles. The number of ether oxygens (including phenoxy) is 2. The topological polar surface area (TPSA) is 111 Å². The summed E-state index contributed by atoms with van der Waals surface area (Å²) in [6, 6.07) is 10.3. The molecule has 0 atom stereocenters. The van der Waals surface area contributed by atoms with Gasteiger partial charge in [-0.25, -0.2) is 17.9 Å². The largest absolute Gasteiger partial charge is 0.495 e. The third-order valence-electron chi connectivity index (χ3n) is 3.45. The van der Waals surface area contributed by atoms with Crippen molar-refractivity contribution in [3.05, 3.63) is 53.1 Å². The molecule has 2 aromatic carbocycles. The molecule has 0 unspecified atom stereocenters. The first-order valence-electron chi connectivity index (χ1n) is 7.61. The Kier molecular flexibility index (Phi) is 6.78. The Balaban J connectivity index is 2.07. The average Bonchev–Trinajstić information content (AvgIpc) is 2.66. The molecule has 8 nitrogen and oxygen atoms in total. The van der Waals surface area contributed by atoms with Gasteiger partial charge in [0.15, 0.2) is 6.61 Å². The van der Waals surface area contributed by atoms with Crippen molar-refractivity contribution in [2.24, 2.45) is 0 Å². The molecule has 2 aromatic rings. The Morgan fingerprint density at radius 1 is 1.15 bits per heavy atom. The number of benzene rings is 2. The molecule has 0 radical (unpaired) electrons. The number of rotatable bonds is 7. The van der Waals surface area contributed by atoms with E-state index in [0.29, 0.717) is 11.4 Å². The van der Waals surface area contributed by atoms with Crippen LogP contribution >= 0.6 is 11.6 Å². The maximum atomic E-state index is 12.2. The molecule has 0 aromatic heterocycles. The normalized spacial score (nSPS) is 10.9. The second kappa shape index (κ2) is 8.85. The second-order valence-electron chi connectivity index (χ2n) is 5.17. The fourth-order valence-electron chi connectivity index (χ4n) is 2.09. The van der Waals surface area contributed by atoms with Gasteiger partial charge in [-0.15, -0.1) is 0 Å². The predicted octanol–water partition coefficient (Wildman–Crippen LogP) is 2.05. The van der Waals surface area contributed by atoms with Crippen LogP contribution in [0.1, 0.15) is 10.4 Å². The molecule has 0 heterocycles. The van der Waals surface area contributed by atoms with Crippen molar-refractivity contribution in [2.45, 2.75) is 4.90 Å². The van der Waals surface area contributed by atoms with Crippen LogP contribution in [0.3, 0.4) is 0 Å². The first-order valence-corrected chi connectivity index (χ1v) is 9.47. The summed E-state index contributed by atoms with van der Waals surface area (Å²) in [6.07, 6.45) is 0. The highest BCUT2D eigenvalue weighted by Gasteiger charge is 2.19. The summed E-state index contributed by atoms with van der Waals surface area (Å²) in [6.45, 7) is -0.587. The number of carbonyl (C=O) groups excluding carboxylic acids is 2.